The topological polar surface area (TPSA) is 29.9 Å². The number of hydrogen-bond donors (Lipinski definition) is 1. The maximum atomic E-state index is 4.58. The lowest BCUT2D eigenvalue weighted by Crippen LogP contribution is -2.24. The summed E-state index contributed by atoms with van der Waals surface area (Å²) in [5.41, 5.74) is 3.79. The maximum Gasteiger partial charge on any atom is 0.0641 e. The van der Waals surface area contributed by atoms with Gasteiger partial charge in [0, 0.05) is 17.8 Å². The van der Waals surface area contributed by atoms with Crippen LogP contribution in [-0.4, -0.2) is 16.8 Å². The van der Waals surface area contributed by atoms with E-state index < -0.39 is 0 Å². The summed E-state index contributed by atoms with van der Waals surface area (Å²) in [6, 6.07) is 0. The fourth-order valence-electron chi connectivity index (χ4n) is 1.76. The Bertz CT molecular complexity index is 318. The second-order valence-electron chi connectivity index (χ2n) is 4.76. The summed E-state index contributed by atoms with van der Waals surface area (Å²) in [4.78, 5) is 0. The minimum Gasteiger partial charge on any atom is -0.316 e. The lowest BCUT2D eigenvalue weighted by molar-refractivity contribution is 0.346. The molecular weight excluding hydrogens is 174 g/mol. The van der Waals surface area contributed by atoms with Gasteiger partial charge in [0.2, 0.25) is 0 Å². The van der Waals surface area contributed by atoms with Crippen molar-refractivity contribution in [3.8, 4) is 0 Å². The van der Waals surface area contributed by atoms with E-state index in [0.717, 1.165) is 12.2 Å². The van der Waals surface area contributed by atoms with Crippen LogP contribution in [0.2, 0.25) is 0 Å². The van der Waals surface area contributed by atoms with Gasteiger partial charge in [0.25, 0.3) is 0 Å². The number of hydrogen-bond acceptors (Lipinski definition) is 2. The number of rotatable bonds is 2. The van der Waals surface area contributed by atoms with Crippen molar-refractivity contribution in [1.29, 1.82) is 0 Å². The predicted octanol–water partition coefficient (Wildman–Crippen LogP) is 1.97. The SMILES string of the molecule is CNCc1c(C)nn(C(C)(C)C)c1C. The second-order valence-corrected chi connectivity index (χ2v) is 4.76. The summed E-state index contributed by atoms with van der Waals surface area (Å²) >= 11 is 0. The third-order valence-electron chi connectivity index (χ3n) is 2.43. The van der Waals surface area contributed by atoms with Gasteiger partial charge in [-0.05, 0) is 41.7 Å². The summed E-state index contributed by atoms with van der Waals surface area (Å²) in [6.45, 7) is 11.6. The molecule has 80 valence electrons. The quantitative estimate of drug-likeness (QED) is 0.782. The first-order valence-electron chi connectivity index (χ1n) is 5.08. The number of nitrogens with one attached hydrogen (secondary N) is 1. The molecular formula is C11H21N3. The molecule has 1 N–H and O–H groups in total. The third-order valence-corrected chi connectivity index (χ3v) is 2.43. The van der Waals surface area contributed by atoms with Crippen LogP contribution in [0.25, 0.3) is 0 Å². The predicted molar refractivity (Wildman–Crippen MR) is 59.5 cm³/mol. The van der Waals surface area contributed by atoms with E-state index in [2.05, 4.69) is 49.7 Å². The monoisotopic (exact) mass is 195 g/mol. The van der Waals surface area contributed by atoms with Crippen LogP contribution in [0, 0.1) is 13.8 Å². The van der Waals surface area contributed by atoms with Crippen LogP contribution >= 0.6 is 0 Å². The Hall–Kier alpha value is -0.830. The van der Waals surface area contributed by atoms with Crippen molar-refractivity contribution in [3.05, 3.63) is 17.0 Å². The van der Waals surface area contributed by atoms with Gasteiger partial charge in [-0.15, -0.1) is 0 Å². The molecule has 3 nitrogen and oxygen atoms in total. The minimum atomic E-state index is 0.0703. The Balaban J connectivity index is 3.17. The molecule has 3 heteroatoms. The van der Waals surface area contributed by atoms with Crippen LogP contribution in [-0.2, 0) is 12.1 Å². The molecule has 0 spiro atoms. The van der Waals surface area contributed by atoms with E-state index in [-0.39, 0.29) is 5.54 Å². The average Bonchev–Trinajstić information content (AvgIpc) is 2.31. The molecule has 0 unspecified atom stereocenters. The first-order chi connectivity index (χ1) is 6.38. The minimum absolute atomic E-state index is 0.0703. The molecule has 14 heavy (non-hydrogen) atoms. The van der Waals surface area contributed by atoms with Gasteiger partial charge in [0.05, 0.1) is 11.2 Å². The van der Waals surface area contributed by atoms with Crippen molar-refractivity contribution >= 4 is 0 Å². The van der Waals surface area contributed by atoms with Crippen LogP contribution in [0.15, 0.2) is 0 Å². The molecule has 0 saturated heterocycles. The first kappa shape index (κ1) is 11.2. The Morgan fingerprint density at radius 1 is 1.29 bits per heavy atom. The van der Waals surface area contributed by atoms with E-state index in [1.807, 2.05) is 7.05 Å². The van der Waals surface area contributed by atoms with Crippen molar-refractivity contribution in [1.82, 2.24) is 15.1 Å². The fourth-order valence-corrected chi connectivity index (χ4v) is 1.76. The third kappa shape index (κ3) is 1.98. The van der Waals surface area contributed by atoms with Crippen LogP contribution in [0.4, 0.5) is 0 Å². The molecule has 1 aromatic heterocycles. The molecule has 1 rings (SSSR count). The van der Waals surface area contributed by atoms with Crippen molar-refractivity contribution < 1.29 is 0 Å². The zero-order chi connectivity index (χ0) is 10.9. The second kappa shape index (κ2) is 3.73. The normalized spacial score (nSPS) is 12.1. The summed E-state index contributed by atoms with van der Waals surface area (Å²) in [7, 11) is 1.97. The molecule has 0 amide bonds. The van der Waals surface area contributed by atoms with Gasteiger partial charge in [-0.3, -0.25) is 4.68 Å². The van der Waals surface area contributed by atoms with E-state index in [4.69, 9.17) is 0 Å². The summed E-state index contributed by atoms with van der Waals surface area (Å²) < 4.78 is 2.11. The molecule has 0 aliphatic rings. The number of aromatic nitrogens is 2. The molecule has 0 fully saturated rings. The lowest BCUT2D eigenvalue weighted by atomic mass is 10.1. The summed E-state index contributed by atoms with van der Waals surface area (Å²) in [5.74, 6) is 0. The Morgan fingerprint density at radius 2 is 1.86 bits per heavy atom. The van der Waals surface area contributed by atoms with E-state index in [1.54, 1.807) is 0 Å². The smallest absolute Gasteiger partial charge is 0.0641 e. The van der Waals surface area contributed by atoms with E-state index >= 15 is 0 Å². The van der Waals surface area contributed by atoms with Gasteiger partial charge in [-0.1, -0.05) is 0 Å². The number of nitrogens with zero attached hydrogens (tertiary/aromatic N) is 2. The van der Waals surface area contributed by atoms with Crippen LogP contribution < -0.4 is 5.32 Å². The largest absolute Gasteiger partial charge is 0.316 e. The van der Waals surface area contributed by atoms with Gasteiger partial charge >= 0.3 is 0 Å². The van der Waals surface area contributed by atoms with Gasteiger partial charge in [-0.2, -0.15) is 5.10 Å². The molecule has 0 bridgehead atoms. The van der Waals surface area contributed by atoms with Crippen molar-refractivity contribution in [3.63, 3.8) is 0 Å². The zero-order valence-electron chi connectivity index (χ0n) is 10.1. The average molecular weight is 195 g/mol. The van der Waals surface area contributed by atoms with Gasteiger partial charge in [0.15, 0.2) is 0 Å². The Kier molecular flexibility index (Phi) is 3.00. The van der Waals surface area contributed by atoms with Gasteiger partial charge in [-0.25, -0.2) is 0 Å². The van der Waals surface area contributed by atoms with Crippen molar-refractivity contribution in [2.24, 2.45) is 0 Å². The van der Waals surface area contributed by atoms with Crippen molar-refractivity contribution in [2.75, 3.05) is 7.05 Å². The molecule has 0 atom stereocenters. The van der Waals surface area contributed by atoms with Crippen LogP contribution in [0.3, 0.4) is 0 Å². The highest BCUT2D eigenvalue weighted by molar-refractivity contribution is 5.25. The molecule has 0 aromatic carbocycles. The number of aryl methyl sites for hydroxylation is 1. The highest BCUT2D eigenvalue weighted by atomic mass is 15.3. The van der Waals surface area contributed by atoms with Crippen molar-refractivity contribution in [2.45, 2.75) is 46.7 Å². The van der Waals surface area contributed by atoms with Gasteiger partial charge in [0.1, 0.15) is 0 Å². The van der Waals surface area contributed by atoms with Crippen LogP contribution in [0.5, 0.6) is 0 Å². The molecule has 1 aromatic rings. The molecule has 0 saturated carbocycles. The van der Waals surface area contributed by atoms with E-state index in [0.29, 0.717) is 0 Å². The summed E-state index contributed by atoms with van der Waals surface area (Å²) in [6.07, 6.45) is 0. The molecule has 0 radical (unpaired) electrons. The molecule has 0 aliphatic carbocycles. The molecule has 0 aliphatic heterocycles. The highest BCUT2D eigenvalue weighted by Crippen LogP contribution is 2.20. The highest BCUT2D eigenvalue weighted by Gasteiger charge is 2.19. The van der Waals surface area contributed by atoms with Crippen LogP contribution in [0.1, 0.15) is 37.7 Å². The maximum absolute atomic E-state index is 4.58. The Labute approximate surface area is 86.5 Å². The standard InChI is InChI=1S/C11H21N3/c1-8-10(7-12-6)9(2)14(13-8)11(3,4)5/h12H,7H2,1-6H3. The lowest BCUT2D eigenvalue weighted by Gasteiger charge is -2.21. The zero-order valence-corrected chi connectivity index (χ0v) is 10.1. The summed E-state index contributed by atoms with van der Waals surface area (Å²) in [5, 5.41) is 7.75. The Morgan fingerprint density at radius 3 is 2.21 bits per heavy atom. The van der Waals surface area contributed by atoms with E-state index in [1.165, 1.54) is 11.3 Å². The van der Waals surface area contributed by atoms with Gasteiger partial charge < -0.3 is 5.32 Å². The fraction of sp³-hybridized carbons (Fsp3) is 0.727. The first-order valence-corrected chi connectivity index (χ1v) is 5.08. The van der Waals surface area contributed by atoms with E-state index in [9.17, 15) is 0 Å². The molecule has 1 heterocycles.